The highest BCUT2D eigenvalue weighted by Crippen LogP contribution is 2.38. The van der Waals surface area contributed by atoms with Crippen LogP contribution in [-0.2, 0) is 27.1 Å². The van der Waals surface area contributed by atoms with Crippen LogP contribution in [0, 0.1) is 5.82 Å². The van der Waals surface area contributed by atoms with Crippen molar-refractivity contribution in [3.63, 3.8) is 0 Å². The zero-order valence-electron chi connectivity index (χ0n) is 21.5. The molecule has 5 aromatic rings. The zero-order valence-corrected chi connectivity index (χ0v) is 23.1. The number of hydrogen-bond acceptors (Lipinski definition) is 5. The minimum Gasteiger partial charge on any atom is -0.363 e. The van der Waals surface area contributed by atoms with Crippen molar-refractivity contribution in [2.24, 2.45) is 19.8 Å². The Kier molecular flexibility index (Phi) is 7.45. The first-order chi connectivity index (χ1) is 18.8. The van der Waals surface area contributed by atoms with Gasteiger partial charge in [0.1, 0.15) is 11.6 Å². The van der Waals surface area contributed by atoms with Crippen molar-refractivity contribution in [2.45, 2.75) is 19.0 Å². The maximum atomic E-state index is 14.5. The summed E-state index contributed by atoms with van der Waals surface area (Å²) >= 11 is 3.52. The Morgan fingerprint density at radius 3 is 2.31 bits per heavy atom. The van der Waals surface area contributed by atoms with Crippen LogP contribution in [0.5, 0.6) is 0 Å². The highest BCUT2D eigenvalue weighted by atomic mass is 79.9. The van der Waals surface area contributed by atoms with Crippen LogP contribution >= 0.6 is 15.9 Å². The standard InChI is InChI=1S/C30H27BrFN5O2/c1-36-28-26(29(38)37(2)30(36)39)25(21-16-20(32)13-14-23(21)31)22(17-33)27(35-28)34-24(19-11-7-4-8-12-19)15-18-9-5-3-6-10-18/h3-14,16,24H,15,17,33H2,1-2H3,(H,34,35). The molecule has 1 atom stereocenters. The van der Waals surface area contributed by atoms with Gasteiger partial charge in [-0.1, -0.05) is 76.6 Å². The molecule has 7 nitrogen and oxygen atoms in total. The zero-order chi connectivity index (χ0) is 27.7. The monoisotopic (exact) mass is 587 g/mol. The predicted octanol–water partition coefficient (Wildman–Crippen LogP) is 5.06. The fourth-order valence-electron chi connectivity index (χ4n) is 4.88. The van der Waals surface area contributed by atoms with Crippen molar-refractivity contribution < 1.29 is 4.39 Å². The fraction of sp³-hybridized carbons (Fsp3) is 0.167. The van der Waals surface area contributed by atoms with Crippen molar-refractivity contribution in [2.75, 3.05) is 5.32 Å². The van der Waals surface area contributed by atoms with Crippen LogP contribution < -0.4 is 22.3 Å². The van der Waals surface area contributed by atoms with Gasteiger partial charge in [-0.05, 0) is 35.7 Å². The van der Waals surface area contributed by atoms with Gasteiger partial charge in [0, 0.05) is 41.8 Å². The summed E-state index contributed by atoms with van der Waals surface area (Å²) in [6.45, 7) is 0.0163. The molecule has 0 aliphatic carbocycles. The SMILES string of the molecule is Cn1c(=O)c2c(-c3cc(F)ccc3Br)c(CN)c(NC(Cc3ccccc3)c3ccccc3)nc2n(C)c1=O. The van der Waals surface area contributed by atoms with E-state index >= 15 is 0 Å². The molecule has 0 fully saturated rings. The van der Waals surface area contributed by atoms with Crippen LogP contribution in [0.3, 0.4) is 0 Å². The Labute approximate surface area is 232 Å². The minimum absolute atomic E-state index is 0.0163. The molecule has 0 spiro atoms. The number of hydrogen-bond donors (Lipinski definition) is 2. The molecule has 39 heavy (non-hydrogen) atoms. The van der Waals surface area contributed by atoms with Crippen molar-refractivity contribution in [1.82, 2.24) is 14.1 Å². The highest BCUT2D eigenvalue weighted by molar-refractivity contribution is 9.10. The number of nitrogens with one attached hydrogen (secondary N) is 1. The lowest BCUT2D eigenvalue weighted by molar-refractivity contribution is 0.628. The van der Waals surface area contributed by atoms with Crippen molar-refractivity contribution in [1.29, 1.82) is 0 Å². The van der Waals surface area contributed by atoms with E-state index in [0.29, 0.717) is 33.4 Å². The van der Waals surface area contributed by atoms with E-state index in [1.807, 2.05) is 48.5 Å². The fourth-order valence-corrected chi connectivity index (χ4v) is 5.33. The molecule has 3 aromatic carbocycles. The third-order valence-corrected chi connectivity index (χ3v) is 7.58. The predicted molar refractivity (Wildman–Crippen MR) is 156 cm³/mol. The van der Waals surface area contributed by atoms with Gasteiger partial charge < -0.3 is 11.1 Å². The van der Waals surface area contributed by atoms with Gasteiger partial charge in [-0.15, -0.1) is 0 Å². The lowest BCUT2D eigenvalue weighted by Crippen LogP contribution is -2.38. The van der Waals surface area contributed by atoms with Crippen LogP contribution in [-0.4, -0.2) is 14.1 Å². The second-order valence-corrected chi connectivity index (χ2v) is 10.2. The number of halogens is 2. The van der Waals surface area contributed by atoms with E-state index in [2.05, 4.69) is 33.4 Å². The molecule has 2 heterocycles. The highest BCUT2D eigenvalue weighted by Gasteiger charge is 2.25. The molecule has 0 aliphatic heterocycles. The van der Waals surface area contributed by atoms with Gasteiger partial charge in [-0.25, -0.2) is 14.2 Å². The van der Waals surface area contributed by atoms with Crippen LogP contribution in [0.25, 0.3) is 22.2 Å². The molecule has 0 bridgehead atoms. The van der Waals surface area contributed by atoms with Gasteiger partial charge in [0.15, 0.2) is 5.65 Å². The molecule has 0 radical (unpaired) electrons. The van der Waals surface area contributed by atoms with E-state index in [-0.39, 0.29) is 23.6 Å². The number of anilines is 1. The third-order valence-electron chi connectivity index (χ3n) is 6.89. The molecule has 9 heteroatoms. The molecule has 0 aliphatic rings. The maximum Gasteiger partial charge on any atom is 0.332 e. The topological polar surface area (TPSA) is 94.9 Å². The van der Waals surface area contributed by atoms with E-state index in [9.17, 15) is 14.0 Å². The van der Waals surface area contributed by atoms with E-state index in [1.54, 1.807) is 13.1 Å². The van der Waals surface area contributed by atoms with Crippen molar-refractivity contribution in [3.8, 4) is 11.1 Å². The first-order valence-corrected chi connectivity index (χ1v) is 13.2. The number of fused-ring (bicyclic) bond motifs is 1. The van der Waals surface area contributed by atoms with E-state index in [4.69, 9.17) is 10.7 Å². The molecule has 0 saturated heterocycles. The summed E-state index contributed by atoms with van der Waals surface area (Å²) in [5.41, 5.74) is 9.02. The van der Waals surface area contributed by atoms with Gasteiger partial charge in [0.05, 0.1) is 11.4 Å². The summed E-state index contributed by atoms with van der Waals surface area (Å²) in [5, 5.41) is 3.75. The number of aromatic nitrogens is 3. The number of benzene rings is 3. The van der Waals surface area contributed by atoms with Gasteiger partial charge in [0.25, 0.3) is 5.56 Å². The minimum atomic E-state index is -0.531. The summed E-state index contributed by atoms with van der Waals surface area (Å²) in [5.74, 6) is -0.0484. The van der Waals surface area contributed by atoms with Crippen LogP contribution in [0.2, 0.25) is 0 Å². The number of pyridine rings is 1. The lowest BCUT2D eigenvalue weighted by Gasteiger charge is -2.24. The molecule has 0 saturated carbocycles. The smallest absolute Gasteiger partial charge is 0.332 e. The van der Waals surface area contributed by atoms with Crippen LogP contribution in [0.4, 0.5) is 10.2 Å². The van der Waals surface area contributed by atoms with E-state index in [0.717, 1.165) is 15.7 Å². The summed E-state index contributed by atoms with van der Waals surface area (Å²) in [4.78, 5) is 31.2. The largest absolute Gasteiger partial charge is 0.363 e. The first-order valence-electron chi connectivity index (χ1n) is 12.4. The van der Waals surface area contributed by atoms with Crippen molar-refractivity contribution >= 4 is 32.8 Å². The Morgan fingerprint density at radius 2 is 1.64 bits per heavy atom. The maximum absolute atomic E-state index is 14.5. The molecular weight excluding hydrogens is 561 g/mol. The van der Waals surface area contributed by atoms with Crippen LogP contribution in [0.15, 0.2) is 92.9 Å². The van der Waals surface area contributed by atoms with E-state index in [1.165, 1.54) is 23.7 Å². The number of aryl methyl sites for hydroxylation is 1. The quantitative estimate of drug-likeness (QED) is 0.278. The Morgan fingerprint density at radius 1 is 0.974 bits per heavy atom. The second kappa shape index (κ2) is 11.0. The lowest BCUT2D eigenvalue weighted by atomic mass is 9.95. The molecule has 198 valence electrons. The average Bonchev–Trinajstić information content (AvgIpc) is 2.96. The van der Waals surface area contributed by atoms with Gasteiger partial charge in [0.2, 0.25) is 0 Å². The van der Waals surface area contributed by atoms with Crippen LogP contribution in [0.1, 0.15) is 22.7 Å². The summed E-state index contributed by atoms with van der Waals surface area (Å²) in [6.07, 6.45) is 0.642. The van der Waals surface area contributed by atoms with E-state index < -0.39 is 17.1 Å². The number of nitrogens with two attached hydrogens (primary N) is 1. The third kappa shape index (κ3) is 5.03. The summed E-state index contributed by atoms with van der Waals surface area (Å²) in [6, 6.07) is 24.0. The van der Waals surface area contributed by atoms with Crippen molar-refractivity contribution in [3.05, 3.63) is 127 Å². The Balaban J connectivity index is 1.81. The van der Waals surface area contributed by atoms with Gasteiger partial charge in [-0.2, -0.15) is 0 Å². The summed E-state index contributed by atoms with van der Waals surface area (Å²) < 4.78 is 17.5. The molecule has 1 unspecified atom stereocenters. The molecule has 5 rings (SSSR count). The molecule has 3 N–H and O–H groups in total. The van der Waals surface area contributed by atoms with Gasteiger partial charge >= 0.3 is 5.69 Å². The normalized spacial score (nSPS) is 12.0. The average molecular weight is 588 g/mol. The second-order valence-electron chi connectivity index (χ2n) is 9.34. The molecule has 2 aromatic heterocycles. The first kappa shape index (κ1) is 26.5. The number of nitrogens with zero attached hydrogens (tertiary/aromatic N) is 3. The Hall–Kier alpha value is -4.08. The molecule has 0 amide bonds. The summed E-state index contributed by atoms with van der Waals surface area (Å²) in [7, 11) is 2.97. The Bertz CT molecular complexity index is 1790. The number of rotatable bonds is 7. The molecular formula is C30H27BrFN5O2. The van der Waals surface area contributed by atoms with Gasteiger partial charge in [-0.3, -0.25) is 13.9 Å².